The van der Waals surface area contributed by atoms with Crippen molar-refractivity contribution in [3.63, 3.8) is 0 Å². The van der Waals surface area contributed by atoms with E-state index in [0.717, 1.165) is 12.8 Å². The molecule has 1 fully saturated rings. The monoisotopic (exact) mass is 206 g/mol. The first-order valence-electron chi connectivity index (χ1n) is 5.50. The summed E-state index contributed by atoms with van der Waals surface area (Å²) in [6.07, 6.45) is 2.96. The molecule has 1 unspecified atom stereocenters. The second-order valence-electron chi connectivity index (χ2n) is 4.47. The highest BCUT2D eigenvalue weighted by atomic mass is 16.5. The summed E-state index contributed by atoms with van der Waals surface area (Å²) in [5.74, 6) is 0.428. The van der Waals surface area contributed by atoms with E-state index < -0.39 is 5.60 Å². The van der Waals surface area contributed by atoms with E-state index >= 15 is 0 Å². The minimum absolute atomic E-state index is 0.428. The molecule has 1 atom stereocenters. The van der Waals surface area contributed by atoms with Crippen molar-refractivity contribution in [2.45, 2.75) is 24.9 Å². The lowest BCUT2D eigenvalue weighted by molar-refractivity contribution is -0.0474. The summed E-state index contributed by atoms with van der Waals surface area (Å²) < 4.78 is 5.13. The molecule has 82 valence electrons. The fourth-order valence-corrected chi connectivity index (χ4v) is 2.13. The van der Waals surface area contributed by atoms with Gasteiger partial charge in [-0.1, -0.05) is 30.3 Å². The summed E-state index contributed by atoms with van der Waals surface area (Å²) in [5, 5.41) is 10.5. The van der Waals surface area contributed by atoms with Crippen LogP contribution < -0.4 is 0 Å². The van der Waals surface area contributed by atoms with E-state index in [1.54, 1.807) is 7.11 Å². The first kappa shape index (κ1) is 10.7. The van der Waals surface area contributed by atoms with Gasteiger partial charge in [0.15, 0.2) is 0 Å². The van der Waals surface area contributed by atoms with Gasteiger partial charge in [0.05, 0.1) is 12.2 Å². The van der Waals surface area contributed by atoms with Crippen LogP contribution in [0.3, 0.4) is 0 Å². The fourth-order valence-electron chi connectivity index (χ4n) is 2.13. The lowest BCUT2D eigenvalue weighted by atomic mass is 9.90. The lowest BCUT2D eigenvalue weighted by Gasteiger charge is -2.27. The summed E-state index contributed by atoms with van der Waals surface area (Å²) in [7, 11) is 1.65. The molecule has 0 aliphatic heterocycles. The molecular formula is C13H18O2. The Hall–Kier alpha value is -0.860. The molecule has 0 radical (unpaired) electrons. The van der Waals surface area contributed by atoms with Crippen molar-refractivity contribution in [2.75, 3.05) is 13.7 Å². The Balaban J connectivity index is 2.06. The predicted molar refractivity (Wildman–Crippen MR) is 59.7 cm³/mol. The zero-order chi connectivity index (χ0) is 10.7. The zero-order valence-electron chi connectivity index (χ0n) is 9.15. The van der Waals surface area contributed by atoms with Crippen molar-refractivity contribution < 1.29 is 9.84 Å². The van der Waals surface area contributed by atoms with Gasteiger partial charge in [-0.05, 0) is 24.3 Å². The maximum absolute atomic E-state index is 10.5. The third-order valence-electron chi connectivity index (χ3n) is 3.08. The Bertz CT molecular complexity index is 306. The lowest BCUT2D eigenvalue weighted by Crippen LogP contribution is -2.39. The van der Waals surface area contributed by atoms with Crippen molar-refractivity contribution >= 4 is 0 Å². The van der Waals surface area contributed by atoms with E-state index in [1.807, 2.05) is 18.2 Å². The second-order valence-corrected chi connectivity index (χ2v) is 4.47. The molecule has 2 heteroatoms. The molecule has 0 amide bonds. The van der Waals surface area contributed by atoms with Gasteiger partial charge in [-0.25, -0.2) is 0 Å². The molecule has 2 rings (SSSR count). The fraction of sp³-hybridized carbons (Fsp3) is 0.538. The molecule has 0 saturated heterocycles. The summed E-state index contributed by atoms with van der Waals surface area (Å²) in [6, 6.07) is 10.1. The van der Waals surface area contributed by atoms with Crippen molar-refractivity contribution in [3.8, 4) is 0 Å². The Labute approximate surface area is 90.9 Å². The van der Waals surface area contributed by atoms with Gasteiger partial charge in [-0.15, -0.1) is 0 Å². The highest BCUT2D eigenvalue weighted by molar-refractivity contribution is 5.18. The molecule has 1 aromatic rings. The second kappa shape index (κ2) is 4.33. The smallest absolute Gasteiger partial charge is 0.0947 e. The van der Waals surface area contributed by atoms with E-state index in [9.17, 15) is 5.11 Å². The molecule has 15 heavy (non-hydrogen) atoms. The molecule has 1 saturated carbocycles. The SMILES string of the molecule is COCC(O)(Cc1ccccc1)C1CC1. The molecule has 0 spiro atoms. The molecule has 1 aromatic carbocycles. The minimum Gasteiger partial charge on any atom is -0.387 e. The number of ether oxygens (including phenoxy) is 1. The van der Waals surface area contributed by atoms with Gasteiger partial charge in [-0.3, -0.25) is 0 Å². The molecule has 0 bridgehead atoms. The van der Waals surface area contributed by atoms with Crippen LogP contribution in [0.2, 0.25) is 0 Å². The highest BCUT2D eigenvalue weighted by Gasteiger charge is 2.43. The van der Waals surface area contributed by atoms with Crippen LogP contribution >= 0.6 is 0 Å². The van der Waals surface area contributed by atoms with Crippen LogP contribution in [-0.4, -0.2) is 24.4 Å². The van der Waals surface area contributed by atoms with Crippen LogP contribution in [-0.2, 0) is 11.2 Å². The molecule has 0 heterocycles. The highest BCUT2D eigenvalue weighted by Crippen LogP contribution is 2.41. The Kier molecular flexibility index (Phi) is 3.08. The van der Waals surface area contributed by atoms with Crippen LogP contribution in [0, 0.1) is 5.92 Å². The topological polar surface area (TPSA) is 29.5 Å². The Morgan fingerprint density at radius 2 is 2.00 bits per heavy atom. The quantitative estimate of drug-likeness (QED) is 0.798. The summed E-state index contributed by atoms with van der Waals surface area (Å²) in [4.78, 5) is 0. The van der Waals surface area contributed by atoms with Crippen molar-refractivity contribution in [1.82, 2.24) is 0 Å². The van der Waals surface area contributed by atoms with Crippen LogP contribution in [0.25, 0.3) is 0 Å². The number of aliphatic hydroxyl groups is 1. The van der Waals surface area contributed by atoms with E-state index in [1.165, 1.54) is 5.56 Å². The van der Waals surface area contributed by atoms with Gasteiger partial charge < -0.3 is 9.84 Å². The molecule has 0 aromatic heterocycles. The number of hydrogen-bond donors (Lipinski definition) is 1. The maximum Gasteiger partial charge on any atom is 0.0947 e. The van der Waals surface area contributed by atoms with Gasteiger partial charge in [0, 0.05) is 13.5 Å². The summed E-state index contributed by atoms with van der Waals surface area (Å²) in [6.45, 7) is 0.437. The third kappa shape index (κ3) is 2.58. The first-order valence-corrected chi connectivity index (χ1v) is 5.50. The summed E-state index contributed by atoms with van der Waals surface area (Å²) in [5.41, 5.74) is 0.528. The van der Waals surface area contributed by atoms with Crippen LogP contribution in [0.15, 0.2) is 30.3 Å². The Morgan fingerprint density at radius 3 is 2.53 bits per heavy atom. The van der Waals surface area contributed by atoms with Crippen molar-refractivity contribution in [3.05, 3.63) is 35.9 Å². The van der Waals surface area contributed by atoms with Gasteiger partial charge >= 0.3 is 0 Å². The van der Waals surface area contributed by atoms with Gasteiger partial charge in [-0.2, -0.15) is 0 Å². The predicted octanol–water partition coefficient (Wildman–Crippen LogP) is 2.02. The van der Waals surface area contributed by atoms with Crippen molar-refractivity contribution in [2.24, 2.45) is 5.92 Å². The molecule has 1 aliphatic rings. The first-order chi connectivity index (χ1) is 7.24. The number of benzene rings is 1. The normalized spacial score (nSPS) is 19.9. The molecule has 1 N–H and O–H groups in total. The average Bonchev–Trinajstić information content (AvgIpc) is 3.02. The largest absolute Gasteiger partial charge is 0.387 e. The average molecular weight is 206 g/mol. The standard InChI is InChI=1S/C13H18O2/c1-15-10-13(14,12-7-8-12)9-11-5-3-2-4-6-11/h2-6,12,14H,7-10H2,1H3. The third-order valence-corrected chi connectivity index (χ3v) is 3.08. The van der Waals surface area contributed by atoms with Crippen molar-refractivity contribution in [1.29, 1.82) is 0 Å². The van der Waals surface area contributed by atoms with Crippen LogP contribution in [0.1, 0.15) is 18.4 Å². The number of hydrogen-bond acceptors (Lipinski definition) is 2. The number of methoxy groups -OCH3 is 1. The zero-order valence-corrected chi connectivity index (χ0v) is 9.15. The van der Waals surface area contributed by atoms with E-state index in [0.29, 0.717) is 18.9 Å². The minimum atomic E-state index is -0.657. The number of rotatable bonds is 5. The Morgan fingerprint density at radius 1 is 1.33 bits per heavy atom. The molecule has 1 aliphatic carbocycles. The van der Waals surface area contributed by atoms with E-state index in [4.69, 9.17) is 4.74 Å². The van der Waals surface area contributed by atoms with E-state index in [2.05, 4.69) is 12.1 Å². The maximum atomic E-state index is 10.5. The van der Waals surface area contributed by atoms with Crippen LogP contribution in [0.4, 0.5) is 0 Å². The van der Waals surface area contributed by atoms with Crippen LogP contribution in [0.5, 0.6) is 0 Å². The van der Waals surface area contributed by atoms with Gasteiger partial charge in [0.1, 0.15) is 0 Å². The van der Waals surface area contributed by atoms with Gasteiger partial charge in [0.25, 0.3) is 0 Å². The van der Waals surface area contributed by atoms with Gasteiger partial charge in [0.2, 0.25) is 0 Å². The molecule has 2 nitrogen and oxygen atoms in total. The summed E-state index contributed by atoms with van der Waals surface area (Å²) >= 11 is 0. The molecular weight excluding hydrogens is 188 g/mol. The van der Waals surface area contributed by atoms with E-state index in [-0.39, 0.29) is 0 Å².